The zero-order valence-electron chi connectivity index (χ0n) is 11.7. The van der Waals surface area contributed by atoms with Gasteiger partial charge in [-0.25, -0.2) is 0 Å². The van der Waals surface area contributed by atoms with Crippen LogP contribution in [-0.2, 0) is 4.79 Å². The molecule has 0 saturated heterocycles. The Kier molecular flexibility index (Phi) is 3.43. The van der Waals surface area contributed by atoms with E-state index in [1.165, 1.54) is 19.8 Å². The lowest BCUT2D eigenvalue weighted by atomic mass is 9.95. The van der Waals surface area contributed by atoms with Gasteiger partial charge in [0.15, 0.2) is 5.78 Å². The van der Waals surface area contributed by atoms with Crippen LogP contribution in [0.1, 0.15) is 61.0 Å². The Balaban J connectivity index is 2.12. The van der Waals surface area contributed by atoms with Gasteiger partial charge in [-0.05, 0) is 31.7 Å². The zero-order valence-corrected chi connectivity index (χ0v) is 11.7. The van der Waals surface area contributed by atoms with Crippen LogP contribution in [0.3, 0.4) is 0 Å². The van der Waals surface area contributed by atoms with E-state index in [1.807, 2.05) is 24.3 Å². The molecule has 3 nitrogen and oxygen atoms in total. The molecule has 3 rings (SSSR count). The number of fused-ring (bicyclic) bond motifs is 1. The third-order valence-electron chi connectivity index (χ3n) is 4.19. The lowest BCUT2D eigenvalue weighted by molar-refractivity contribution is -0.116. The summed E-state index contributed by atoms with van der Waals surface area (Å²) in [5.41, 5.74) is 2.80. The lowest BCUT2D eigenvalue weighted by Crippen LogP contribution is -2.08. The monoisotopic (exact) mass is 269 g/mol. The second kappa shape index (κ2) is 5.23. The summed E-state index contributed by atoms with van der Waals surface area (Å²) >= 11 is 0. The number of benzene rings is 1. The van der Waals surface area contributed by atoms with Crippen molar-refractivity contribution in [3.63, 3.8) is 0 Å². The second-order valence-electron chi connectivity index (χ2n) is 5.74. The van der Waals surface area contributed by atoms with E-state index < -0.39 is 0 Å². The molecule has 0 bridgehead atoms. The molecule has 1 aliphatic carbocycles. The van der Waals surface area contributed by atoms with E-state index in [1.54, 1.807) is 0 Å². The minimum absolute atomic E-state index is 0.00156. The van der Waals surface area contributed by atoms with Crippen LogP contribution in [0.4, 0.5) is 0 Å². The summed E-state index contributed by atoms with van der Waals surface area (Å²) in [6, 6.07) is 7.88. The fourth-order valence-electron chi connectivity index (χ4n) is 3.30. The van der Waals surface area contributed by atoms with Gasteiger partial charge in [0.2, 0.25) is 0 Å². The molecule has 3 heteroatoms. The van der Waals surface area contributed by atoms with E-state index >= 15 is 0 Å². The molecule has 0 aliphatic heterocycles. The fraction of sp³-hybridized carbons (Fsp3) is 0.412. The summed E-state index contributed by atoms with van der Waals surface area (Å²) in [6.45, 7) is 1.47. The van der Waals surface area contributed by atoms with Crippen molar-refractivity contribution in [2.24, 2.45) is 0 Å². The van der Waals surface area contributed by atoms with Gasteiger partial charge in [-0.2, -0.15) is 0 Å². The average molecular weight is 269 g/mol. The van der Waals surface area contributed by atoms with Crippen molar-refractivity contribution in [2.45, 2.75) is 44.9 Å². The van der Waals surface area contributed by atoms with Gasteiger partial charge in [0.1, 0.15) is 5.78 Å². The fourth-order valence-corrected chi connectivity index (χ4v) is 3.30. The first kappa shape index (κ1) is 13.1. The van der Waals surface area contributed by atoms with Crippen LogP contribution in [0.2, 0.25) is 0 Å². The molecule has 104 valence electrons. The van der Waals surface area contributed by atoms with E-state index in [0.29, 0.717) is 5.92 Å². The van der Waals surface area contributed by atoms with Gasteiger partial charge in [-0.3, -0.25) is 9.59 Å². The van der Waals surface area contributed by atoms with E-state index in [2.05, 4.69) is 4.98 Å². The zero-order chi connectivity index (χ0) is 14.1. The van der Waals surface area contributed by atoms with Crippen molar-refractivity contribution in [3.8, 4) is 0 Å². The van der Waals surface area contributed by atoms with Crippen LogP contribution >= 0.6 is 0 Å². The first-order valence-corrected chi connectivity index (χ1v) is 7.30. The summed E-state index contributed by atoms with van der Waals surface area (Å²) < 4.78 is 0. The molecule has 1 aromatic heterocycles. The number of H-pyrrole nitrogens is 1. The van der Waals surface area contributed by atoms with E-state index in [0.717, 1.165) is 35.0 Å². The number of carbonyl (C=O) groups is 2. The largest absolute Gasteiger partial charge is 0.358 e. The number of ketones is 2. The quantitative estimate of drug-likeness (QED) is 0.674. The highest BCUT2D eigenvalue weighted by molar-refractivity contribution is 6.15. The Labute approximate surface area is 118 Å². The molecule has 1 aromatic carbocycles. The first-order valence-electron chi connectivity index (χ1n) is 7.30. The summed E-state index contributed by atoms with van der Waals surface area (Å²) in [5.74, 6) is 0.322. The van der Waals surface area contributed by atoms with Crippen LogP contribution in [0, 0.1) is 0 Å². The van der Waals surface area contributed by atoms with Crippen molar-refractivity contribution in [3.05, 3.63) is 35.5 Å². The molecule has 2 aromatic rings. The average Bonchev–Trinajstić information content (AvgIpc) is 3.04. The molecular formula is C17H19NO2. The molecule has 1 N–H and O–H groups in total. The Bertz CT molecular complexity index is 663. The molecule has 1 fully saturated rings. The molecule has 0 spiro atoms. The van der Waals surface area contributed by atoms with Gasteiger partial charge in [0.25, 0.3) is 0 Å². The second-order valence-corrected chi connectivity index (χ2v) is 5.74. The summed E-state index contributed by atoms with van der Waals surface area (Å²) in [7, 11) is 0. The SMILES string of the molecule is CC(=O)CC(=O)c1c(C2CCCC2)[nH]c2ccccc12. The normalized spacial score (nSPS) is 15.8. The van der Waals surface area contributed by atoms with Gasteiger partial charge >= 0.3 is 0 Å². The summed E-state index contributed by atoms with van der Waals surface area (Å²) in [4.78, 5) is 27.2. The number of hydrogen-bond acceptors (Lipinski definition) is 2. The minimum atomic E-state index is -0.0716. The number of aromatic amines is 1. The standard InChI is InChI=1S/C17H19NO2/c1-11(19)10-15(20)16-13-8-4-5-9-14(13)18-17(16)12-6-2-3-7-12/h4-5,8-9,12,18H,2-3,6-7,10H2,1H3. The van der Waals surface area contributed by atoms with Crippen molar-refractivity contribution in [1.82, 2.24) is 4.98 Å². The van der Waals surface area contributed by atoms with Gasteiger partial charge in [-0.1, -0.05) is 31.0 Å². The summed E-state index contributed by atoms with van der Waals surface area (Å²) in [5, 5.41) is 0.959. The highest BCUT2D eigenvalue weighted by atomic mass is 16.1. The number of para-hydroxylation sites is 1. The third kappa shape index (κ3) is 2.28. The van der Waals surface area contributed by atoms with Crippen LogP contribution in [0.25, 0.3) is 10.9 Å². The van der Waals surface area contributed by atoms with Gasteiger partial charge < -0.3 is 4.98 Å². The maximum Gasteiger partial charge on any atom is 0.172 e. The molecular weight excluding hydrogens is 250 g/mol. The molecule has 0 unspecified atom stereocenters. The number of nitrogens with one attached hydrogen (secondary N) is 1. The number of carbonyl (C=O) groups excluding carboxylic acids is 2. The molecule has 20 heavy (non-hydrogen) atoms. The highest BCUT2D eigenvalue weighted by Crippen LogP contribution is 2.38. The Morgan fingerprint density at radius 1 is 1.20 bits per heavy atom. The lowest BCUT2D eigenvalue weighted by Gasteiger charge is -2.10. The topological polar surface area (TPSA) is 49.9 Å². The number of rotatable bonds is 4. The Hall–Kier alpha value is -1.90. The van der Waals surface area contributed by atoms with Gasteiger partial charge in [0.05, 0.1) is 6.42 Å². The minimum Gasteiger partial charge on any atom is -0.358 e. The maximum atomic E-state index is 12.5. The van der Waals surface area contributed by atoms with E-state index in [-0.39, 0.29) is 18.0 Å². The predicted molar refractivity (Wildman–Crippen MR) is 79.1 cm³/mol. The Morgan fingerprint density at radius 3 is 2.60 bits per heavy atom. The summed E-state index contributed by atoms with van der Waals surface area (Å²) in [6.07, 6.45) is 4.71. The molecule has 0 amide bonds. The van der Waals surface area contributed by atoms with Crippen molar-refractivity contribution in [1.29, 1.82) is 0 Å². The molecule has 1 heterocycles. The highest BCUT2D eigenvalue weighted by Gasteiger charge is 2.26. The number of aromatic nitrogens is 1. The van der Waals surface area contributed by atoms with Gasteiger partial charge in [0, 0.05) is 22.2 Å². The van der Waals surface area contributed by atoms with Crippen molar-refractivity contribution >= 4 is 22.5 Å². The van der Waals surface area contributed by atoms with Crippen LogP contribution in [0.5, 0.6) is 0 Å². The maximum absolute atomic E-state index is 12.5. The molecule has 0 atom stereocenters. The van der Waals surface area contributed by atoms with Crippen LogP contribution in [-0.4, -0.2) is 16.6 Å². The number of Topliss-reactive ketones (excluding diaryl/α,β-unsaturated/α-hetero) is 2. The molecule has 1 saturated carbocycles. The smallest absolute Gasteiger partial charge is 0.172 e. The van der Waals surface area contributed by atoms with Crippen LogP contribution in [0.15, 0.2) is 24.3 Å². The van der Waals surface area contributed by atoms with Crippen molar-refractivity contribution < 1.29 is 9.59 Å². The molecule has 0 radical (unpaired) electrons. The van der Waals surface area contributed by atoms with E-state index in [9.17, 15) is 9.59 Å². The Morgan fingerprint density at radius 2 is 1.90 bits per heavy atom. The third-order valence-corrected chi connectivity index (χ3v) is 4.19. The first-order chi connectivity index (χ1) is 9.66. The van der Waals surface area contributed by atoms with Crippen LogP contribution < -0.4 is 0 Å². The van der Waals surface area contributed by atoms with E-state index in [4.69, 9.17) is 0 Å². The molecule has 1 aliphatic rings. The van der Waals surface area contributed by atoms with Crippen molar-refractivity contribution in [2.75, 3.05) is 0 Å². The predicted octanol–water partition coefficient (Wildman–Crippen LogP) is 3.99. The van der Waals surface area contributed by atoms with Gasteiger partial charge in [-0.15, -0.1) is 0 Å². The number of hydrogen-bond donors (Lipinski definition) is 1.